The van der Waals surface area contributed by atoms with Crippen LogP contribution in [0.25, 0.3) is 0 Å². The summed E-state index contributed by atoms with van der Waals surface area (Å²) >= 11 is 6.07. The van der Waals surface area contributed by atoms with E-state index in [0.29, 0.717) is 17.0 Å². The number of rotatable bonds is 4. The normalized spacial score (nSPS) is 23.3. The zero-order valence-corrected chi connectivity index (χ0v) is 15.0. The third kappa shape index (κ3) is 3.31. The largest absolute Gasteiger partial charge is 0.450 e. The average Bonchev–Trinajstić information content (AvgIpc) is 3.14. The number of hydrogen-bond acceptors (Lipinski definition) is 3. The van der Waals surface area contributed by atoms with Crippen molar-refractivity contribution in [1.29, 1.82) is 0 Å². The number of likely N-dealkylation sites (tertiary alicyclic amines) is 1. The highest BCUT2D eigenvalue weighted by molar-refractivity contribution is 6.30. The molecule has 1 fully saturated rings. The fourth-order valence-electron chi connectivity index (χ4n) is 3.99. The zero-order valence-electron chi connectivity index (χ0n) is 14.2. The van der Waals surface area contributed by atoms with E-state index in [9.17, 15) is 4.79 Å². The van der Waals surface area contributed by atoms with Crippen molar-refractivity contribution in [2.45, 2.75) is 31.3 Å². The molecule has 0 amide bonds. The summed E-state index contributed by atoms with van der Waals surface area (Å²) in [7, 11) is 0. The molecule has 0 saturated carbocycles. The Balaban J connectivity index is 1.68. The van der Waals surface area contributed by atoms with Crippen molar-refractivity contribution in [3.8, 4) is 0 Å². The molecule has 130 valence electrons. The minimum Gasteiger partial charge on any atom is -0.450 e. The number of carbonyl (C=O) groups is 1. The summed E-state index contributed by atoms with van der Waals surface area (Å²) in [6.45, 7) is 3.22. The minimum absolute atomic E-state index is 0.224. The maximum Gasteiger partial charge on any atom is 0.339 e. The van der Waals surface area contributed by atoms with Crippen LogP contribution >= 0.6 is 11.6 Å². The molecule has 0 radical (unpaired) electrons. The summed E-state index contributed by atoms with van der Waals surface area (Å²) in [5, 5.41) is 0.695. The van der Waals surface area contributed by atoms with Gasteiger partial charge in [0, 0.05) is 24.4 Å². The minimum atomic E-state index is -0.612. The van der Waals surface area contributed by atoms with E-state index in [2.05, 4.69) is 4.90 Å². The second-order valence-corrected chi connectivity index (χ2v) is 7.46. The van der Waals surface area contributed by atoms with Crippen molar-refractivity contribution in [3.63, 3.8) is 0 Å². The lowest BCUT2D eigenvalue weighted by Crippen LogP contribution is -2.42. The molecule has 2 aliphatic rings. The highest BCUT2D eigenvalue weighted by Gasteiger charge is 2.42. The first-order valence-electron chi connectivity index (χ1n) is 8.96. The van der Waals surface area contributed by atoms with Gasteiger partial charge in [0.2, 0.25) is 0 Å². The van der Waals surface area contributed by atoms with Gasteiger partial charge in [-0.15, -0.1) is 0 Å². The molecule has 0 aromatic heterocycles. The van der Waals surface area contributed by atoms with Crippen LogP contribution in [0.5, 0.6) is 0 Å². The molecular formula is C21H22ClNO2. The van der Waals surface area contributed by atoms with Crippen molar-refractivity contribution in [3.05, 3.63) is 70.2 Å². The first-order valence-corrected chi connectivity index (χ1v) is 9.34. The van der Waals surface area contributed by atoms with E-state index >= 15 is 0 Å². The van der Waals surface area contributed by atoms with Gasteiger partial charge in [-0.1, -0.05) is 41.9 Å². The second-order valence-electron chi connectivity index (χ2n) is 7.02. The predicted octanol–water partition coefficient (Wildman–Crippen LogP) is 4.43. The molecule has 1 atom stereocenters. The van der Waals surface area contributed by atoms with Crippen molar-refractivity contribution in [2.24, 2.45) is 0 Å². The molecule has 1 saturated heterocycles. The van der Waals surface area contributed by atoms with Crippen LogP contribution in [0.4, 0.5) is 0 Å². The van der Waals surface area contributed by atoms with Crippen molar-refractivity contribution < 1.29 is 9.53 Å². The van der Waals surface area contributed by atoms with Gasteiger partial charge in [-0.2, -0.15) is 0 Å². The Morgan fingerprint density at radius 1 is 1.04 bits per heavy atom. The number of ether oxygens (including phenoxy) is 1. The van der Waals surface area contributed by atoms with Gasteiger partial charge in [-0.3, -0.25) is 0 Å². The van der Waals surface area contributed by atoms with Crippen LogP contribution in [0.2, 0.25) is 5.02 Å². The second kappa shape index (κ2) is 6.81. The molecule has 25 heavy (non-hydrogen) atoms. The summed E-state index contributed by atoms with van der Waals surface area (Å²) in [5.74, 6) is -0.224. The van der Waals surface area contributed by atoms with Crippen molar-refractivity contribution in [1.82, 2.24) is 4.90 Å². The van der Waals surface area contributed by atoms with Crippen LogP contribution in [0.1, 0.15) is 40.7 Å². The quantitative estimate of drug-likeness (QED) is 0.759. The van der Waals surface area contributed by atoms with E-state index in [1.165, 1.54) is 12.8 Å². The maximum absolute atomic E-state index is 12.7. The standard InChI is InChI=1S/C21H22ClNO2/c22-18-9-7-17(8-10-18)21(11-14-23-12-3-4-13-23)15-16-5-1-2-6-19(16)20(24)25-21/h1-2,5-10H,3-4,11-15H2. The molecule has 4 rings (SSSR count). The maximum atomic E-state index is 12.7. The number of halogens is 1. The Morgan fingerprint density at radius 2 is 1.76 bits per heavy atom. The number of nitrogens with zero attached hydrogens (tertiary/aromatic N) is 1. The molecule has 2 aliphatic heterocycles. The Bertz CT molecular complexity index is 768. The van der Waals surface area contributed by atoms with Crippen LogP contribution in [0.3, 0.4) is 0 Å². The summed E-state index contributed by atoms with van der Waals surface area (Å²) < 4.78 is 6.08. The molecule has 4 heteroatoms. The van der Waals surface area contributed by atoms with E-state index in [0.717, 1.165) is 37.2 Å². The van der Waals surface area contributed by atoms with E-state index in [-0.39, 0.29) is 5.97 Å². The molecule has 3 nitrogen and oxygen atoms in total. The van der Waals surface area contributed by atoms with E-state index in [4.69, 9.17) is 16.3 Å². The van der Waals surface area contributed by atoms with Crippen molar-refractivity contribution >= 4 is 17.6 Å². The lowest BCUT2D eigenvalue weighted by atomic mass is 9.81. The Morgan fingerprint density at radius 3 is 2.52 bits per heavy atom. The highest BCUT2D eigenvalue weighted by atomic mass is 35.5. The molecule has 0 bridgehead atoms. The number of benzene rings is 2. The van der Waals surface area contributed by atoms with Crippen LogP contribution in [-0.2, 0) is 16.8 Å². The summed E-state index contributed by atoms with van der Waals surface area (Å²) in [6.07, 6.45) is 4.03. The summed E-state index contributed by atoms with van der Waals surface area (Å²) in [5.41, 5.74) is 2.17. The number of fused-ring (bicyclic) bond motifs is 1. The molecular weight excluding hydrogens is 334 g/mol. The predicted molar refractivity (Wildman–Crippen MR) is 99.0 cm³/mol. The lowest BCUT2D eigenvalue weighted by molar-refractivity contribution is -0.0362. The first kappa shape index (κ1) is 16.6. The topological polar surface area (TPSA) is 29.5 Å². The van der Waals surface area contributed by atoms with Gasteiger partial charge in [0.05, 0.1) is 5.56 Å². The monoisotopic (exact) mass is 355 g/mol. The highest BCUT2D eigenvalue weighted by Crippen LogP contribution is 2.39. The van der Waals surface area contributed by atoms with Crippen molar-refractivity contribution in [2.75, 3.05) is 19.6 Å². The van der Waals surface area contributed by atoms with Gasteiger partial charge in [0.1, 0.15) is 5.60 Å². The third-order valence-corrected chi connectivity index (χ3v) is 5.65. The first-order chi connectivity index (χ1) is 12.2. The Hall–Kier alpha value is -1.84. The van der Waals surface area contributed by atoms with Crippen LogP contribution in [0, 0.1) is 0 Å². The summed E-state index contributed by atoms with van der Waals surface area (Å²) in [4.78, 5) is 15.1. The van der Waals surface area contributed by atoms with Gasteiger partial charge in [0.25, 0.3) is 0 Å². The Labute approximate surface area is 153 Å². The summed E-state index contributed by atoms with van der Waals surface area (Å²) in [6, 6.07) is 15.5. The molecule has 1 unspecified atom stereocenters. The molecule has 0 spiro atoms. The van der Waals surface area contributed by atoms with Crippen LogP contribution < -0.4 is 0 Å². The van der Waals surface area contributed by atoms with Gasteiger partial charge < -0.3 is 9.64 Å². The smallest absolute Gasteiger partial charge is 0.339 e. The number of hydrogen-bond donors (Lipinski definition) is 0. The lowest BCUT2D eigenvalue weighted by Gasteiger charge is -2.39. The van der Waals surface area contributed by atoms with Gasteiger partial charge >= 0.3 is 5.97 Å². The molecule has 2 heterocycles. The van der Waals surface area contributed by atoms with E-state index in [1.807, 2.05) is 48.5 Å². The fraction of sp³-hybridized carbons (Fsp3) is 0.381. The number of cyclic esters (lactones) is 1. The molecule has 2 aromatic carbocycles. The number of carbonyl (C=O) groups excluding carboxylic acids is 1. The van der Waals surface area contributed by atoms with Crippen LogP contribution in [-0.4, -0.2) is 30.5 Å². The fourth-order valence-corrected chi connectivity index (χ4v) is 4.12. The molecule has 0 N–H and O–H groups in total. The van der Waals surface area contributed by atoms with Gasteiger partial charge in [-0.05, 0) is 55.3 Å². The van der Waals surface area contributed by atoms with Gasteiger partial charge in [0.15, 0.2) is 0 Å². The Kier molecular flexibility index (Phi) is 4.53. The van der Waals surface area contributed by atoms with Crippen LogP contribution in [0.15, 0.2) is 48.5 Å². The third-order valence-electron chi connectivity index (χ3n) is 5.40. The number of esters is 1. The zero-order chi connectivity index (χ0) is 17.3. The molecule has 0 aliphatic carbocycles. The molecule has 2 aromatic rings. The van der Waals surface area contributed by atoms with E-state index < -0.39 is 5.60 Å². The SMILES string of the molecule is O=C1OC(CCN2CCCC2)(c2ccc(Cl)cc2)Cc2ccccc21. The van der Waals surface area contributed by atoms with E-state index in [1.54, 1.807) is 0 Å². The van der Waals surface area contributed by atoms with Gasteiger partial charge in [-0.25, -0.2) is 4.79 Å². The average molecular weight is 356 g/mol.